The molecule has 0 bridgehead atoms. The van der Waals surface area contributed by atoms with Crippen molar-refractivity contribution in [3.05, 3.63) is 99.5 Å². The first-order chi connectivity index (χ1) is 19.4. The number of nitrogens with zero attached hydrogens (tertiary/aromatic N) is 2. The molecular formula is C30H34Cl2N4O4S. The number of carbonyl (C=O) groups excluding carboxylic acids is 2. The van der Waals surface area contributed by atoms with E-state index < -0.39 is 10.0 Å². The fourth-order valence-electron chi connectivity index (χ4n) is 5.19. The third-order valence-electron chi connectivity index (χ3n) is 7.15. The van der Waals surface area contributed by atoms with Crippen molar-refractivity contribution in [1.29, 1.82) is 0 Å². The molecule has 1 saturated heterocycles. The molecule has 11 heteroatoms. The number of carbonyl (C=O) groups is 2. The molecule has 2 amide bonds. The zero-order valence-corrected chi connectivity index (χ0v) is 25.3. The Balaban J connectivity index is 1.51. The molecule has 0 aromatic heterocycles. The van der Waals surface area contributed by atoms with Crippen molar-refractivity contribution >= 4 is 50.7 Å². The number of hydrogen-bond donors (Lipinski definition) is 2. The minimum absolute atomic E-state index is 0.0472. The number of likely N-dealkylation sites (tertiary alicyclic amines) is 1. The van der Waals surface area contributed by atoms with Crippen LogP contribution in [0.15, 0.2) is 72.8 Å². The second-order valence-electron chi connectivity index (χ2n) is 10.5. The summed E-state index contributed by atoms with van der Waals surface area (Å²) in [6, 6.07) is 21.5. The summed E-state index contributed by atoms with van der Waals surface area (Å²) >= 11 is 12.3. The fraction of sp³-hybridized carbons (Fsp3) is 0.333. The first-order valence-corrected chi connectivity index (χ1v) is 15.9. The number of amides is 2. The molecule has 41 heavy (non-hydrogen) atoms. The molecule has 3 aromatic rings. The highest BCUT2D eigenvalue weighted by Gasteiger charge is 2.40. The maximum atomic E-state index is 13.0. The van der Waals surface area contributed by atoms with Gasteiger partial charge in [0.15, 0.2) is 0 Å². The summed E-state index contributed by atoms with van der Waals surface area (Å²) in [7, 11) is -3.65. The predicted octanol–water partition coefficient (Wildman–Crippen LogP) is 4.86. The SMILES string of the molecule is C[C@@H](CCNC(=O)c1cccc(N(C2CN(C(c3ccc(Cl)cc3)c3ccc(Cl)cc3)C2)S(C)(=O)=O)c1)CC(N)=O. The normalized spacial score (nSPS) is 14.9. The van der Waals surface area contributed by atoms with Gasteiger partial charge in [0.25, 0.3) is 5.91 Å². The highest BCUT2D eigenvalue weighted by molar-refractivity contribution is 7.92. The molecule has 1 fully saturated rings. The lowest BCUT2D eigenvalue weighted by molar-refractivity contribution is -0.118. The number of benzene rings is 3. The summed E-state index contributed by atoms with van der Waals surface area (Å²) in [6.45, 7) is 3.24. The molecular weight excluding hydrogens is 583 g/mol. The maximum absolute atomic E-state index is 13.0. The van der Waals surface area contributed by atoms with Crippen molar-refractivity contribution in [3.8, 4) is 0 Å². The molecule has 0 spiro atoms. The van der Waals surface area contributed by atoms with E-state index in [1.54, 1.807) is 24.3 Å². The average Bonchev–Trinajstić information content (AvgIpc) is 2.88. The Hall–Kier alpha value is -3.11. The Morgan fingerprint density at radius 2 is 1.56 bits per heavy atom. The van der Waals surface area contributed by atoms with Gasteiger partial charge in [-0.25, -0.2) is 8.42 Å². The zero-order chi connectivity index (χ0) is 29.7. The average molecular weight is 618 g/mol. The number of sulfonamides is 1. The van der Waals surface area contributed by atoms with Gasteiger partial charge in [0.1, 0.15) is 0 Å². The number of nitrogens with two attached hydrogens (primary N) is 1. The summed E-state index contributed by atoms with van der Waals surface area (Å²) in [5.74, 6) is -0.641. The molecule has 3 N–H and O–H groups in total. The second kappa shape index (κ2) is 13.2. The zero-order valence-electron chi connectivity index (χ0n) is 23.0. The summed E-state index contributed by atoms with van der Waals surface area (Å²) in [4.78, 5) is 26.1. The summed E-state index contributed by atoms with van der Waals surface area (Å²) in [5, 5.41) is 4.12. The lowest BCUT2D eigenvalue weighted by atomic mass is 9.93. The fourth-order valence-corrected chi connectivity index (χ4v) is 6.61. The van der Waals surface area contributed by atoms with Crippen molar-refractivity contribution in [1.82, 2.24) is 10.2 Å². The van der Waals surface area contributed by atoms with Crippen LogP contribution in [0.1, 0.15) is 47.3 Å². The third kappa shape index (κ3) is 8.01. The Kier molecular flexibility index (Phi) is 9.96. The van der Waals surface area contributed by atoms with E-state index in [0.717, 1.165) is 11.1 Å². The summed E-state index contributed by atoms with van der Waals surface area (Å²) in [6.07, 6.45) is 2.03. The van der Waals surface area contributed by atoms with Crippen LogP contribution < -0.4 is 15.4 Å². The van der Waals surface area contributed by atoms with E-state index in [1.807, 2.05) is 55.5 Å². The lowest BCUT2D eigenvalue weighted by Crippen LogP contribution is -2.61. The Bertz CT molecular complexity index is 1430. The van der Waals surface area contributed by atoms with Crippen LogP contribution in [-0.2, 0) is 14.8 Å². The first kappa shape index (κ1) is 30.8. The molecule has 0 aliphatic carbocycles. The number of anilines is 1. The van der Waals surface area contributed by atoms with Gasteiger partial charge >= 0.3 is 0 Å². The molecule has 1 aliphatic rings. The van der Waals surface area contributed by atoms with Crippen LogP contribution in [0.5, 0.6) is 0 Å². The van der Waals surface area contributed by atoms with E-state index in [4.69, 9.17) is 28.9 Å². The van der Waals surface area contributed by atoms with E-state index in [2.05, 4.69) is 10.2 Å². The van der Waals surface area contributed by atoms with E-state index >= 15 is 0 Å². The van der Waals surface area contributed by atoms with E-state index in [0.29, 0.717) is 47.4 Å². The topological polar surface area (TPSA) is 113 Å². The van der Waals surface area contributed by atoms with Crippen LogP contribution in [0.25, 0.3) is 0 Å². The van der Waals surface area contributed by atoms with Gasteiger partial charge in [-0.2, -0.15) is 0 Å². The van der Waals surface area contributed by atoms with E-state index in [-0.39, 0.29) is 36.2 Å². The smallest absolute Gasteiger partial charge is 0.251 e. The van der Waals surface area contributed by atoms with Gasteiger partial charge < -0.3 is 11.1 Å². The minimum Gasteiger partial charge on any atom is -0.370 e. The molecule has 1 heterocycles. The van der Waals surface area contributed by atoms with Crippen molar-refractivity contribution in [2.45, 2.75) is 31.8 Å². The van der Waals surface area contributed by atoms with Crippen LogP contribution in [-0.4, -0.2) is 57.1 Å². The number of halogens is 2. The van der Waals surface area contributed by atoms with Crippen molar-refractivity contribution in [2.24, 2.45) is 11.7 Å². The molecule has 0 saturated carbocycles. The van der Waals surface area contributed by atoms with Gasteiger partial charge in [-0.1, -0.05) is 60.5 Å². The van der Waals surface area contributed by atoms with Crippen LogP contribution in [0.2, 0.25) is 10.0 Å². The number of primary amides is 1. The third-order valence-corrected chi connectivity index (χ3v) is 8.88. The minimum atomic E-state index is -3.65. The quantitative estimate of drug-likeness (QED) is 0.302. The standard InChI is InChI=1S/C30H34Cl2N4O4S/c1-20(16-28(33)37)14-15-34-30(38)23-4-3-5-26(17-23)36(41(2,39)40)27-18-35(19-27)29(21-6-10-24(31)11-7-21)22-8-12-25(32)13-9-22/h3-13,17,20,27,29H,14-16,18-19H2,1-2H3,(H2,33,37)(H,34,38)/t20-/m0/s1. The number of rotatable bonds is 12. The predicted molar refractivity (Wildman–Crippen MR) is 164 cm³/mol. The van der Waals surface area contributed by atoms with E-state index in [9.17, 15) is 18.0 Å². The van der Waals surface area contributed by atoms with Gasteiger partial charge in [-0.15, -0.1) is 0 Å². The van der Waals surface area contributed by atoms with Crippen molar-refractivity contribution in [3.63, 3.8) is 0 Å². The first-order valence-electron chi connectivity index (χ1n) is 13.3. The molecule has 0 radical (unpaired) electrons. The largest absolute Gasteiger partial charge is 0.370 e. The Labute approximate surface area is 251 Å². The van der Waals surface area contributed by atoms with Crippen LogP contribution >= 0.6 is 23.2 Å². The number of nitrogens with one attached hydrogen (secondary N) is 1. The highest BCUT2D eigenvalue weighted by Crippen LogP contribution is 2.36. The van der Waals surface area contributed by atoms with Gasteiger partial charge in [-0.05, 0) is 65.9 Å². The van der Waals surface area contributed by atoms with Crippen LogP contribution in [0.4, 0.5) is 5.69 Å². The van der Waals surface area contributed by atoms with Crippen LogP contribution in [0.3, 0.4) is 0 Å². The van der Waals surface area contributed by atoms with Gasteiger partial charge in [0.05, 0.1) is 24.0 Å². The maximum Gasteiger partial charge on any atom is 0.251 e. The molecule has 8 nitrogen and oxygen atoms in total. The summed E-state index contributed by atoms with van der Waals surface area (Å²) < 4.78 is 27.4. The summed E-state index contributed by atoms with van der Waals surface area (Å²) in [5.41, 5.74) is 8.09. The monoisotopic (exact) mass is 616 g/mol. The second-order valence-corrected chi connectivity index (χ2v) is 13.3. The Morgan fingerprint density at radius 3 is 2.07 bits per heavy atom. The molecule has 3 aromatic carbocycles. The van der Waals surface area contributed by atoms with Crippen molar-refractivity contribution < 1.29 is 18.0 Å². The van der Waals surface area contributed by atoms with Gasteiger partial charge in [0, 0.05) is 41.7 Å². The van der Waals surface area contributed by atoms with Crippen LogP contribution in [0, 0.1) is 5.92 Å². The molecule has 4 rings (SSSR count). The van der Waals surface area contributed by atoms with Crippen molar-refractivity contribution in [2.75, 3.05) is 30.2 Å². The molecule has 218 valence electrons. The van der Waals surface area contributed by atoms with Gasteiger partial charge in [0.2, 0.25) is 15.9 Å². The molecule has 1 atom stereocenters. The highest BCUT2D eigenvalue weighted by atomic mass is 35.5. The molecule has 0 unspecified atom stereocenters. The Morgan fingerprint density at radius 1 is 1.00 bits per heavy atom. The van der Waals surface area contributed by atoms with E-state index in [1.165, 1.54) is 10.6 Å². The number of hydrogen-bond acceptors (Lipinski definition) is 5. The van der Waals surface area contributed by atoms with Gasteiger partial charge in [-0.3, -0.25) is 18.8 Å². The lowest BCUT2D eigenvalue weighted by Gasteiger charge is -2.48. The molecule has 1 aliphatic heterocycles.